The standard InChI is InChI=1S/C29H31ClN8O2/c1-37(2)21-8-10-38(11-9-21)25-15-26(40-3)24(14-22(25)31)35-29-34-17-33-28(36-29)20-13-19-6-4-18(5-7-27(30)39)12-23(19)32-16-20/h4-7,12-17,21H,8-11,31H2,1-3H3,(H,33,34,35,36)/b7-5-. The maximum atomic E-state index is 11.0. The van der Waals surface area contributed by atoms with Crippen LogP contribution in [-0.2, 0) is 4.79 Å². The van der Waals surface area contributed by atoms with E-state index < -0.39 is 5.24 Å². The van der Waals surface area contributed by atoms with Gasteiger partial charge in [0.15, 0.2) is 5.82 Å². The van der Waals surface area contributed by atoms with E-state index in [0.29, 0.717) is 34.9 Å². The summed E-state index contributed by atoms with van der Waals surface area (Å²) < 4.78 is 5.70. The van der Waals surface area contributed by atoms with Gasteiger partial charge in [-0.05, 0) is 68.4 Å². The molecule has 3 heterocycles. The van der Waals surface area contributed by atoms with E-state index in [1.807, 2.05) is 36.4 Å². The third-order valence-electron chi connectivity index (χ3n) is 7.08. The normalized spacial score (nSPS) is 14.3. The lowest BCUT2D eigenvalue weighted by atomic mass is 10.0. The third-order valence-corrected chi connectivity index (χ3v) is 7.20. The summed E-state index contributed by atoms with van der Waals surface area (Å²) in [6.07, 6.45) is 8.27. The van der Waals surface area contributed by atoms with Crippen molar-refractivity contribution in [1.82, 2.24) is 24.8 Å². The summed E-state index contributed by atoms with van der Waals surface area (Å²) in [6.45, 7) is 1.87. The average molecular weight is 559 g/mol. The maximum Gasteiger partial charge on any atom is 0.245 e. The van der Waals surface area contributed by atoms with Crippen LogP contribution in [0.4, 0.5) is 23.0 Å². The third kappa shape index (κ3) is 6.13. The number of nitrogens with one attached hydrogen (secondary N) is 1. The number of ether oxygens (including phenoxy) is 1. The molecule has 0 unspecified atom stereocenters. The summed E-state index contributed by atoms with van der Waals surface area (Å²) in [7, 11) is 5.89. The number of piperidine rings is 1. The number of allylic oxidation sites excluding steroid dienone is 1. The summed E-state index contributed by atoms with van der Waals surface area (Å²) in [5, 5.41) is 3.61. The van der Waals surface area contributed by atoms with Gasteiger partial charge in [-0.1, -0.05) is 18.2 Å². The molecule has 10 nitrogen and oxygen atoms in total. The predicted octanol–water partition coefficient (Wildman–Crippen LogP) is 4.73. The molecule has 2 aromatic carbocycles. The van der Waals surface area contributed by atoms with Gasteiger partial charge in [0.25, 0.3) is 0 Å². The highest BCUT2D eigenvalue weighted by Crippen LogP contribution is 2.37. The smallest absolute Gasteiger partial charge is 0.245 e. The van der Waals surface area contributed by atoms with Gasteiger partial charge in [-0.15, -0.1) is 0 Å². The van der Waals surface area contributed by atoms with Gasteiger partial charge in [0, 0.05) is 42.3 Å². The van der Waals surface area contributed by atoms with Crippen LogP contribution in [0.1, 0.15) is 18.4 Å². The van der Waals surface area contributed by atoms with Gasteiger partial charge in [-0.2, -0.15) is 4.98 Å². The first-order chi connectivity index (χ1) is 19.3. The number of nitrogens with zero attached hydrogens (tertiary/aromatic N) is 6. The number of benzene rings is 2. The van der Waals surface area contributed by atoms with E-state index in [9.17, 15) is 4.79 Å². The van der Waals surface area contributed by atoms with Crippen molar-refractivity contribution in [2.75, 3.05) is 50.2 Å². The number of rotatable bonds is 8. The minimum atomic E-state index is -0.529. The van der Waals surface area contributed by atoms with Crippen LogP contribution in [0.2, 0.25) is 0 Å². The molecule has 1 fully saturated rings. The highest BCUT2D eigenvalue weighted by Gasteiger charge is 2.23. The molecule has 0 radical (unpaired) electrons. The van der Waals surface area contributed by atoms with Crippen molar-refractivity contribution < 1.29 is 9.53 Å². The van der Waals surface area contributed by atoms with Crippen LogP contribution in [-0.4, -0.2) is 70.4 Å². The molecule has 0 atom stereocenters. The van der Waals surface area contributed by atoms with Gasteiger partial charge in [-0.3, -0.25) is 9.78 Å². The Labute approximate surface area is 237 Å². The fourth-order valence-electron chi connectivity index (χ4n) is 4.89. The van der Waals surface area contributed by atoms with E-state index in [-0.39, 0.29) is 0 Å². The first kappa shape index (κ1) is 27.3. The Morgan fingerprint density at radius 3 is 2.67 bits per heavy atom. The molecule has 2 aromatic heterocycles. The van der Waals surface area contributed by atoms with Crippen molar-refractivity contribution in [3.8, 4) is 17.1 Å². The minimum Gasteiger partial charge on any atom is -0.494 e. The molecule has 1 saturated heterocycles. The summed E-state index contributed by atoms with van der Waals surface area (Å²) in [5.41, 5.74) is 11.1. The number of fused-ring (bicyclic) bond motifs is 1. The number of hydrogen-bond acceptors (Lipinski definition) is 10. The van der Waals surface area contributed by atoms with Crippen LogP contribution in [0.5, 0.6) is 5.75 Å². The summed E-state index contributed by atoms with van der Waals surface area (Å²) in [6, 6.07) is 12.0. The second-order valence-electron chi connectivity index (χ2n) is 9.86. The Bertz CT molecular complexity index is 1570. The Morgan fingerprint density at radius 2 is 1.95 bits per heavy atom. The summed E-state index contributed by atoms with van der Waals surface area (Å²) in [4.78, 5) is 33.4. The topological polar surface area (TPSA) is 122 Å². The zero-order chi connectivity index (χ0) is 28.2. The van der Waals surface area contributed by atoms with E-state index in [2.05, 4.69) is 49.1 Å². The molecule has 0 spiro atoms. The summed E-state index contributed by atoms with van der Waals surface area (Å²) >= 11 is 5.39. The molecule has 4 aromatic rings. The van der Waals surface area contributed by atoms with Crippen LogP contribution < -0.4 is 20.7 Å². The summed E-state index contributed by atoms with van der Waals surface area (Å²) in [5.74, 6) is 1.47. The van der Waals surface area contributed by atoms with Gasteiger partial charge < -0.3 is 25.6 Å². The minimum absolute atomic E-state index is 0.355. The zero-order valence-electron chi connectivity index (χ0n) is 22.6. The molecule has 0 bridgehead atoms. The molecule has 40 heavy (non-hydrogen) atoms. The Hall–Kier alpha value is -4.28. The fraction of sp³-hybridized carbons (Fsp3) is 0.276. The molecule has 0 amide bonds. The van der Waals surface area contributed by atoms with E-state index >= 15 is 0 Å². The number of carbonyl (C=O) groups is 1. The Kier molecular flexibility index (Phi) is 8.09. The van der Waals surface area contributed by atoms with Gasteiger partial charge in [-0.25, -0.2) is 9.97 Å². The van der Waals surface area contributed by atoms with Gasteiger partial charge in [0.05, 0.1) is 29.7 Å². The SMILES string of the molecule is COc1cc(N2CCC(N(C)C)CC2)c(N)cc1Nc1ncnc(-c2cnc3cc(/C=C\C(=O)Cl)ccc3c2)n1. The molecule has 0 saturated carbocycles. The second-order valence-corrected chi connectivity index (χ2v) is 10.2. The molecule has 11 heteroatoms. The number of nitrogens with two attached hydrogens (primary N) is 1. The number of hydrogen-bond donors (Lipinski definition) is 2. The number of anilines is 4. The average Bonchev–Trinajstić information content (AvgIpc) is 2.96. The lowest BCUT2D eigenvalue weighted by Gasteiger charge is -2.37. The van der Waals surface area contributed by atoms with E-state index in [0.717, 1.165) is 53.6 Å². The number of methoxy groups -OCH3 is 1. The Morgan fingerprint density at radius 1 is 1.15 bits per heavy atom. The van der Waals surface area contributed by atoms with Crippen molar-refractivity contribution in [1.29, 1.82) is 0 Å². The van der Waals surface area contributed by atoms with E-state index in [4.69, 9.17) is 22.1 Å². The molecular weight excluding hydrogens is 528 g/mol. The van der Waals surface area contributed by atoms with Crippen LogP contribution in [0, 0.1) is 0 Å². The lowest BCUT2D eigenvalue weighted by Crippen LogP contribution is -2.42. The van der Waals surface area contributed by atoms with Crippen molar-refractivity contribution in [3.05, 3.63) is 60.6 Å². The second kappa shape index (κ2) is 11.8. The van der Waals surface area contributed by atoms with Crippen molar-refractivity contribution in [3.63, 3.8) is 0 Å². The largest absolute Gasteiger partial charge is 0.494 e. The Balaban J connectivity index is 1.36. The van der Waals surface area contributed by atoms with Crippen LogP contribution in [0.25, 0.3) is 28.4 Å². The fourth-order valence-corrected chi connectivity index (χ4v) is 4.95. The number of pyridine rings is 1. The number of aromatic nitrogens is 4. The molecule has 3 N–H and O–H groups in total. The maximum absolute atomic E-state index is 11.0. The predicted molar refractivity (Wildman–Crippen MR) is 160 cm³/mol. The number of nitrogen functional groups attached to an aromatic ring is 1. The van der Waals surface area contributed by atoms with E-state index in [1.165, 1.54) is 12.4 Å². The van der Waals surface area contributed by atoms with Crippen molar-refractivity contribution in [2.45, 2.75) is 18.9 Å². The highest BCUT2D eigenvalue weighted by molar-refractivity contribution is 6.66. The van der Waals surface area contributed by atoms with Gasteiger partial charge in [0.1, 0.15) is 12.1 Å². The zero-order valence-corrected chi connectivity index (χ0v) is 23.4. The van der Waals surface area contributed by atoms with Crippen LogP contribution in [0.15, 0.2) is 55.0 Å². The van der Waals surface area contributed by atoms with Crippen LogP contribution >= 0.6 is 11.6 Å². The molecule has 5 rings (SSSR count). The highest BCUT2D eigenvalue weighted by atomic mass is 35.5. The molecular formula is C29H31ClN8O2. The number of halogens is 1. The quantitative estimate of drug-likeness (QED) is 0.178. The molecule has 1 aliphatic rings. The molecule has 1 aliphatic heterocycles. The van der Waals surface area contributed by atoms with E-state index in [1.54, 1.807) is 19.4 Å². The van der Waals surface area contributed by atoms with Gasteiger partial charge in [0.2, 0.25) is 11.2 Å². The van der Waals surface area contributed by atoms with Gasteiger partial charge >= 0.3 is 0 Å². The van der Waals surface area contributed by atoms with Crippen molar-refractivity contribution >= 4 is 56.8 Å². The van der Waals surface area contributed by atoms with Crippen molar-refractivity contribution in [2.24, 2.45) is 0 Å². The number of carbonyl (C=O) groups excluding carboxylic acids is 1. The monoisotopic (exact) mass is 558 g/mol. The lowest BCUT2D eigenvalue weighted by molar-refractivity contribution is -0.107. The first-order valence-corrected chi connectivity index (χ1v) is 13.3. The van der Waals surface area contributed by atoms with Crippen LogP contribution in [0.3, 0.4) is 0 Å². The first-order valence-electron chi connectivity index (χ1n) is 12.9. The molecule has 206 valence electrons. The molecule has 0 aliphatic carbocycles.